The number of fused-ring (bicyclic) bond motifs is 1. The van der Waals surface area contributed by atoms with Gasteiger partial charge in [0.2, 0.25) is 0 Å². The number of rotatable bonds is 5. The van der Waals surface area contributed by atoms with Gasteiger partial charge in [-0.2, -0.15) is 0 Å². The largest absolute Gasteiger partial charge is 0.479 e. The fraction of sp³-hybridized carbons (Fsp3) is 0.222. The Morgan fingerprint density at radius 2 is 2.00 bits per heavy atom. The molecule has 0 saturated carbocycles. The Labute approximate surface area is 149 Å². The molecule has 4 nitrogen and oxygen atoms in total. The average molecular weight is 362 g/mol. The zero-order valence-corrected chi connectivity index (χ0v) is 14.9. The monoisotopic (exact) mass is 361 g/mol. The lowest BCUT2D eigenvalue weighted by molar-refractivity contribution is -0.150. The Morgan fingerprint density at radius 1 is 1.25 bits per heavy atom. The molecule has 124 valence electrons. The summed E-state index contributed by atoms with van der Waals surface area (Å²) in [5.74, 6) is 0.244. The maximum atomic E-state index is 11.6. The number of carbonyl (C=O) groups is 1. The highest BCUT2D eigenvalue weighted by Crippen LogP contribution is 2.32. The van der Waals surface area contributed by atoms with E-state index in [2.05, 4.69) is 4.98 Å². The number of halogens is 1. The molecule has 2 aromatic carbocycles. The third-order valence-corrected chi connectivity index (χ3v) is 4.69. The number of carbonyl (C=O) groups excluding carboxylic acids is 1. The number of esters is 1. The van der Waals surface area contributed by atoms with Crippen LogP contribution in [0.1, 0.15) is 13.8 Å². The molecule has 0 fully saturated rings. The molecular weight excluding hydrogens is 346 g/mol. The number of benzene rings is 2. The van der Waals surface area contributed by atoms with Crippen LogP contribution in [0.3, 0.4) is 0 Å². The molecule has 0 aliphatic rings. The van der Waals surface area contributed by atoms with Gasteiger partial charge < -0.3 is 9.47 Å². The van der Waals surface area contributed by atoms with Gasteiger partial charge in [-0.15, -0.1) is 11.3 Å². The lowest BCUT2D eigenvalue weighted by Gasteiger charge is -2.13. The van der Waals surface area contributed by atoms with Crippen LogP contribution in [0.4, 0.5) is 0 Å². The van der Waals surface area contributed by atoms with Crippen LogP contribution in [0.15, 0.2) is 42.5 Å². The van der Waals surface area contributed by atoms with Crippen LogP contribution >= 0.6 is 22.9 Å². The lowest BCUT2D eigenvalue weighted by Crippen LogP contribution is -2.25. The van der Waals surface area contributed by atoms with Crippen molar-refractivity contribution in [3.8, 4) is 16.3 Å². The summed E-state index contributed by atoms with van der Waals surface area (Å²) < 4.78 is 11.6. The molecular formula is C18H16ClNO3S. The summed E-state index contributed by atoms with van der Waals surface area (Å²) in [7, 11) is 0. The van der Waals surface area contributed by atoms with Crippen molar-refractivity contribution >= 4 is 39.1 Å². The third-order valence-electron chi connectivity index (χ3n) is 3.38. The summed E-state index contributed by atoms with van der Waals surface area (Å²) >= 11 is 7.60. The van der Waals surface area contributed by atoms with Crippen LogP contribution in [0, 0.1) is 0 Å². The molecule has 1 atom stereocenters. The van der Waals surface area contributed by atoms with Crippen molar-refractivity contribution in [1.82, 2.24) is 4.98 Å². The van der Waals surface area contributed by atoms with Gasteiger partial charge in [-0.05, 0) is 56.3 Å². The summed E-state index contributed by atoms with van der Waals surface area (Å²) in [6.07, 6.45) is -0.639. The third kappa shape index (κ3) is 3.68. The highest BCUT2D eigenvalue weighted by molar-refractivity contribution is 7.21. The molecule has 0 aliphatic heterocycles. The summed E-state index contributed by atoms with van der Waals surface area (Å²) in [5, 5.41) is 1.62. The summed E-state index contributed by atoms with van der Waals surface area (Å²) in [6.45, 7) is 3.78. The van der Waals surface area contributed by atoms with E-state index in [4.69, 9.17) is 21.1 Å². The molecule has 24 heavy (non-hydrogen) atoms. The fourth-order valence-electron chi connectivity index (χ4n) is 2.21. The normalized spacial score (nSPS) is 12.1. The van der Waals surface area contributed by atoms with Crippen LogP contribution < -0.4 is 4.74 Å². The molecule has 0 N–H and O–H groups in total. The van der Waals surface area contributed by atoms with Gasteiger partial charge in [0.25, 0.3) is 0 Å². The van der Waals surface area contributed by atoms with E-state index >= 15 is 0 Å². The van der Waals surface area contributed by atoms with Crippen LogP contribution in [0.25, 0.3) is 20.8 Å². The van der Waals surface area contributed by atoms with Gasteiger partial charge in [-0.1, -0.05) is 11.6 Å². The van der Waals surface area contributed by atoms with Crippen LogP contribution in [-0.2, 0) is 9.53 Å². The Morgan fingerprint density at radius 3 is 2.71 bits per heavy atom. The van der Waals surface area contributed by atoms with E-state index in [-0.39, 0.29) is 5.97 Å². The Bertz CT molecular complexity index is 860. The van der Waals surface area contributed by atoms with Crippen molar-refractivity contribution in [2.45, 2.75) is 20.0 Å². The van der Waals surface area contributed by atoms with E-state index < -0.39 is 6.10 Å². The van der Waals surface area contributed by atoms with Crippen molar-refractivity contribution < 1.29 is 14.3 Å². The minimum absolute atomic E-state index is 0.340. The Balaban J connectivity index is 1.77. The van der Waals surface area contributed by atoms with Crippen molar-refractivity contribution in [2.75, 3.05) is 6.61 Å². The van der Waals surface area contributed by atoms with Gasteiger partial charge in [0.15, 0.2) is 6.10 Å². The van der Waals surface area contributed by atoms with Gasteiger partial charge in [0, 0.05) is 10.6 Å². The molecule has 1 heterocycles. The quantitative estimate of drug-likeness (QED) is 0.603. The number of aromatic nitrogens is 1. The molecule has 0 saturated heterocycles. The molecule has 6 heteroatoms. The van der Waals surface area contributed by atoms with Crippen molar-refractivity contribution in [2.24, 2.45) is 0 Å². The summed E-state index contributed by atoms with van der Waals surface area (Å²) in [6, 6.07) is 13.2. The first-order chi connectivity index (χ1) is 11.6. The van der Waals surface area contributed by atoms with Crippen LogP contribution in [0.5, 0.6) is 5.75 Å². The van der Waals surface area contributed by atoms with Gasteiger partial charge in [0.1, 0.15) is 10.8 Å². The Hall–Kier alpha value is -2.11. The summed E-state index contributed by atoms with van der Waals surface area (Å²) in [5.41, 5.74) is 1.92. The molecule has 0 radical (unpaired) electrons. The van der Waals surface area contributed by atoms with E-state index in [0.29, 0.717) is 17.4 Å². The average Bonchev–Trinajstić information content (AvgIpc) is 2.98. The lowest BCUT2D eigenvalue weighted by atomic mass is 10.2. The maximum Gasteiger partial charge on any atom is 0.347 e. The predicted octanol–water partition coefficient (Wildman–Crippen LogP) is 4.95. The minimum Gasteiger partial charge on any atom is -0.479 e. The van der Waals surface area contributed by atoms with Gasteiger partial charge >= 0.3 is 5.97 Å². The number of thiazole rings is 1. The van der Waals surface area contributed by atoms with Gasteiger partial charge in [-0.3, -0.25) is 0 Å². The number of nitrogens with zero attached hydrogens (tertiary/aromatic N) is 1. The smallest absolute Gasteiger partial charge is 0.347 e. The SMILES string of the molecule is CCOC(=O)C(C)Oc1ccc(-c2nc3ccc(Cl)cc3s2)cc1. The fourth-order valence-corrected chi connectivity index (χ4v) is 3.46. The van der Waals surface area contributed by atoms with E-state index in [1.807, 2.05) is 42.5 Å². The molecule has 0 bridgehead atoms. The highest BCUT2D eigenvalue weighted by Gasteiger charge is 2.15. The van der Waals surface area contributed by atoms with E-state index in [9.17, 15) is 4.79 Å². The molecule has 3 rings (SSSR count). The molecule has 0 spiro atoms. The van der Waals surface area contributed by atoms with E-state index in [0.717, 1.165) is 20.8 Å². The highest BCUT2D eigenvalue weighted by atomic mass is 35.5. The van der Waals surface area contributed by atoms with Crippen molar-refractivity contribution in [3.63, 3.8) is 0 Å². The second kappa shape index (κ2) is 7.20. The summed E-state index contributed by atoms with van der Waals surface area (Å²) in [4.78, 5) is 16.2. The standard InChI is InChI=1S/C18H16ClNO3S/c1-3-22-18(21)11(2)23-14-7-4-12(5-8-14)17-20-15-9-6-13(19)10-16(15)24-17/h4-11H,3H2,1-2H3. The van der Waals surface area contributed by atoms with Crippen molar-refractivity contribution in [1.29, 1.82) is 0 Å². The second-order valence-electron chi connectivity index (χ2n) is 5.17. The number of hydrogen-bond donors (Lipinski definition) is 0. The zero-order valence-electron chi connectivity index (χ0n) is 13.3. The van der Waals surface area contributed by atoms with Crippen LogP contribution in [0.2, 0.25) is 5.02 Å². The maximum absolute atomic E-state index is 11.6. The zero-order chi connectivity index (χ0) is 17.1. The predicted molar refractivity (Wildman–Crippen MR) is 96.8 cm³/mol. The number of ether oxygens (including phenoxy) is 2. The first-order valence-electron chi connectivity index (χ1n) is 7.56. The first-order valence-corrected chi connectivity index (χ1v) is 8.76. The second-order valence-corrected chi connectivity index (χ2v) is 6.63. The molecule has 1 unspecified atom stereocenters. The van der Waals surface area contributed by atoms with E-state index in [1.165, 1.54) is 0 Å². The Kier molecular flexibility index (Phi) is 5.02. The van der Waals surface area contributed by atoms with Crippen LogP contribution in [-0.4, -0.2) is 23.7 Å². The first kappa shape index (κ1) is 16.7. The van der Waals surface area contributed by atoms with E-state index in [1.54, 1.807) is 25.2 Å². The molecule has 3 aromatic rings. The minimum atomic E-state index is -0.639. The molecule has 0 aliphatic carbocycles. The van der Waals surface area contributed by atoms with Crippen molar-refractivity contribution in [3.05, 3.63) is 47.5 Å². The van der Waals surface area contributed by atoms with Gasteiger partial charge in [0.05, 0.1) is 16.8 Å². The molecule has 1 aromatic heterocycles. The number of hydrogen-bond acceptors (Lipinski definition) is 5. The topological polar surface area (TPSA) is 48.4 Å². The molecule has 0 amide bonds. The van der Waals surface area contributed by atoms with Gasteiger partial charge in [-0.25, -0.2) is 9.78 Å².